The molecule has 0 radical (unpaired) electrons. The third-order valence-corrected chi connectivity index (χ3v) is 7.92. The Morgan fingerprint density at radius 3 is 2.17 bits per heavy atom. The Bertz CT molecular complexity index is 1300. The Morgan fingerprint density at radius 2 is 1.58 bits per heavy atom. The predicted octanol–water partition coefficient (Wildman–Crippen LogP) is 5.64. The molecule has 0 aliphatic heterocycles. The van der Waals surface area contributed by atoms with Gasteiger partial charge in [-0.15, -0.1) is 0 Å². The highest BCUT2D eigenvalue weighted by molar-refractivity contribution is 7.92. The van der Waals surface area contributed by atoms with Crippen LogP contribution in [0.2, 0.25) is 5.02 Å². The van der Waals surface area contributed by atoms with Crippen LogP contribution in [0.5, 0.6) is 5.75 Å². The summed E-state index contributed by atoms with van der Waals surface area (Å²) in [6.45, 7) is 10.4. The fourth-order valence-corrected chi connectivity index (χ4v) is 5.07. The molecule has 0 aromatic heterocycles. The number of aryl methyl sites for hydroxylation is 2. The zero-order chi connectivity index (χ0) is 26.5. The summed E-state index contributed by atoms with van der Waals surface area (Å²) in [7, 11) is -4.00. The van der Waals surface area contributed by atoms with E-state index in [0.29, 0.717) is 16.5 Å². The SMILES string of the molecule is Cc1ccc(N(CC(=O)NCCOc2ccc(C(C)(C)C)cc2)S(=O)(=O)c2ccc(Cl)cc2)cc1C. The molecule has 0 aliphatic rings. The minimum atomic E-state index is -4.00. The molecule has 0 saturated carbocycles. The van der Waals surface area contributed by atoms with Crippen molar-refractivity contribution in [2.24, 2.45) is 0 Å². The van der Waals surface area contributed by atoms with Crippen molar-refractivity contribution in [3.63, 3.8) is 0 Å². The Morgan fingerprint density at radius 1 is 0.944 bits per heavy atom. The van der Waals surface area contributed by atoms with Gasteiger partial charge in [-0.25, -0.2) is 8.42 Å². The van der Waals surface area contributed by atoms with E-state index in [0.717, 1.165) is 15.4 Å². The molecular weight excluding hydrogens is 496 g/mol. The number of anilines is 1. The summed E-state index contributed by atoms with van der Waals surface area (Å²) in [6.07, 6.45) is 0. The Kier molecular flexibility index (Phi) is 8.69. The van der Waals surface area contributed by atoms with E-state index in [1.165, 1.54) is 29.8 Å². The first-order valence-corrected chi connectivity index (χ1v) is 13.6. The molecule has 192 valence electrons. The van der Waals surface area contributed by atoms with Gasteiger partial charge in [0.15, 0.2) is 0 Å². The van der Waals surface area contributed by atoms with E-state index in [2.05, 4.69) is 26.1 Å². The van der Waals surface area contributed by atoms with Crippen LogP contribution in [0, 0.1) is 13.8 Å². The van der Waals surface area contributed by atoms with Crippen molar-refractivity contribution < 1.29 is 17.9 Å². The third-order valence-electron chi connectivity index (χ3n) is 5.88. The van der Waals surface area contributed by atoms with Gasteiger partial charge >= 0.3 is 0 Å². The molecule has 3 aromatic rings. The van der Waals surface area contributed by atoms with E-state index in [4.69, 9.17) is 16.3 Å². The van der Waals surface area contributed by atoms with Gasteiger partial charge in [0.1, 0.15) is 18.9 Å². The number of rotatable bonds is 9. The Balaban J connectivity index is 1.68. The van der Waals surface area contributed by atoms with Gasteiger partial charge in [0.05, 0.1) is 17.1 Å². The van der Waals surface area contributed by atoms with Gasteiger partial charge in [-0.2, -0.15) is 0 Å². The number of hydrogen-bond donors (Lipinski definition) is 1. The standard InChI is InChI=1S/C28H33ClN2O4S/c1-20-6-11-24(18-21(20)2)31(36(33,34)26-14-9-23(29)10-15-26)19-27(32)30-16-17-35-25-12-7-22(8-13-25)28(3,4)5/h6-15,18H,16-17,19H2,1-5H3,(H,30,32). The highest BCUT2D eigenvalue weighted by Gasteiger charge is 2.27. The number of carbonyl (C=O) groups excluding carboxylic acids is 1. The lowest BCUT2D eigenvalue weighted by molar-refractivity contribution is -0.119. The van der Waals surface area contributed by atoms with E-state index in [1.807, 2.05) is 44.2 Å². The van der Waals surface area contributed by atoms with Gasteiger partial charge in [-0.05, 0) is 84.5 Å². The van der Waals surface area contributed by atoms with Crippen LogP contribution in [0.25, 0.3) is 0 Å². The molecule has 0 aliphatic carbocycles. The molecule has 36 heavy (non-hydrogen) atoms. The lowest BCUT2D eigenvalue weighted by atomic mass is 9.87. The molecule has 0 unspecified atom stereocenters. The van der Waals surface area contributed by atoms with Crippen molar-refractivity contribution >= 4 is 33.2 Å². The smallest absolute Gasteiger partial charge is 0.264 e. The number of nitrogens with one attached hydrogen (secondary N) is 1. The molecule has 0 saturated heterocycles. The van der Waals surface area contributed by atoms with Crippen LogP contribution in [0.1, 0.15) is 37.5 Å². The van der Waals surface area contributed by atoms with Crippen molar-refractivity contribution in [3.8, 4) is 5.75 Å². The molecule has 1 N–H and O–H groups in total. The maximum atomic E-state index is 13.5. The summed E-state index contributed by atoms with van der Waals surface area (Å²) >= 11 is 5.94. The van der Waals surface area contributed by atoms with Gasteiger partial charge in [-0.3, -0.25) is 9.10 Å². The van der Waals surface area contributed by atoms with Gasteiger partial charge in [0.25, 0.3) is 10.0 Å². The predicted molar refractivity (Wildman–Crippen MR) is 146 cm³/mol. The minimum Gasteiger partial charge on any atom is -0.492 e. The first kappa shape index (κ1) is 27.6. The zero-order valence-corrected chi connectivity index (χ0v) is 22.9. The van der Waals surface area contributed by atoms with Gasteiger partial charge in [0, 0.05) is 5.02 Å². The number of nitrogens with zero attached hydrogens (tertiary/aromatic N) is 1. The number of carbonyl (C=O) groups is 1. The summed E-state index contributed by atoms with van der Waals surface area (Å²) in [5.74, 6) is 0.275. The zero-order valence-electron chi connectivity index (χ0n) is 21.3. The maximum absolute atomic E-state index is 13.5. The molecule has 0 spiro atoms. The normalized spacial score (nSPS) is 11.7. The molecule has 0 heterocycles. The molecule has 6 nitrogen and oxygen atoms in total. The second-order valence-corrected chi connectivity index (χ2v) is 12.0. The Labute approximate surface area is 219 Å². The third kappa shape index (κ3) is 7.02. The number of ether oxygens (including phenoxy) is 1. The second-order valence-electron chi connectivity index (χ2n) is 9.71. The summed E-state index contributed by atoms with van der Waals surface area (Å²) in [6, 6.07) is 19.1. The number of sulfonamides is 1. The minimum absolute atomic E-state index is 0.0555. The van der Waals surface area contributed by atoms with E-state index in [9.17, 15) is 13.2 Å². The summed E-state index contributed by atoms with van der Waals surface area (Å²) in [5, 5.41) is 3.18. The topological polar surface area (TPSA) is 75.7 Å². The first-order valence-electron chi connectivity index (χ1n) is 11.7. The summed E-state index contributed by atoms with van der Waals surface area (Å²) < 4.78 is 33.8. The largest absolute Gasteiger partial charge is 0.492 e. The average Bonchev–Trinajstić information content (AvgIpc) is 2.82. The van der Waals surface area contributed by atoms with E-state index in [1.54, 1.807) is 12.1 Å². The second kappa shape index (κ2) is 11.4. The van der Waals surface area contributed by atoms with Crippen molar-refractivity contribution in [2.45, 2.75) is 44.9 Å². The van der Waals surface area contributed by atoms with E-state index in [-0.39, 0.29) is 30.0 Å². The lowest BCUT2D eigenvalue weighted by Crippen LogP contribution is -2.42. The molecule has 0 fully saturated rings. The molecule has 0 atom stereocenters. The molecule has 3 rings (SSSR count). The maximum Gasteiger partial charge on any atom is 0.264 e. The van der Waals surface area contributed by atoms with Crippen LogP contribution in [-0.2, 0) is 20.2 Å². The number of amides is 1. The van der Waals surface area contributed by atoms with Crippen LogP contribution in [-0.4, -0.2) is 34.0 Å². The van der Waals surface area contributed by atoms with Crippen LogP contribution in [0.4, 0.5) is 5.69 Å². The van der Waals surface area contributed by atoms with E-state index < -0.39 is 15.9 Å². The van der Waals surface area contributed by atoms with Crippen LogP contribution in [0.3, 0.4) is 0 Å². The van der Waals surface area contributed by atoms with Crippen LogP contribution >= 0.6 is 11.6 Å². The highest BCUT2D eigenvalue weighted by Crippen LogP contribution is 2.27. The highest BCUT2D eigenvalue weighted by atomic mass is 35.5. The van der Waals surface area contributed by atoms with Gasteiger partial charge in [0.2, 0.25) is 5.91 Å². The van der Waals surface area contributed by atoms with E-state index >= 15 is 0 Å². The fraction of sp³-hybridized carbons (Fsp3) is 0.321. The van der Waals surface area contributed by atoms with Crippen molar-refractivity contribution in [1.29, 1.82) is 0 Å². The van der Waals surface area contributed by atoms with Crippen molar-refractivity contribution in [1.82, 2.24) is 5.32 Å². The van der Waals surface area contributed by atoms with Gasteiger partial charge < -0.3 is 10.1 Å². The van der Waals surface area contributed by atoms with Crippen molar-refractivity contribution in [3.05, 3.63) is 88.4 Å². The summed E-state index contributed by atoms with van der Waals surface area (Å²) in [4.78, 5) is 12.8. The molecule has 1 amide bonds. The molecule has 3 aromatic carbocycles. The van der Waals surface area contributed by atoms with Crippen LogP contribution in [0.15, 0.2) is 71.6 Å². The Hall–Kier alpha value is -3.03. The number of hydrogen-bond acceptors (Lipinski definition) is 4. The quantitative estimate of drug-likeness (QED) is 0.364. The average molecular weight is 529 g/mol. The van der Waals surface area contributed by atoms with Crippen molar-refractivity contribution in [2.75, 3.05) is 24.0 Å². The first-order chi connectivity index (χ1) is 16.9. The van der Waals surface area contributed by atoms with Crippen LogP contribution < -0.4 is 14.4 Å². The molecular formula is C28H33ClN2O4S. The number of benzene rings is 3. The fourth-order valence-electron chi connectivity index (χ4n) is 3.53. The van der Waals surface area contributed by atoms with Gasteiger partial charge in [-0.1, -0.05) is 50.6 Å². The lowest BCUT2D eigenvalue weighted by Gasteiger charge is -2.25. The summed E-state index contributed by atoms with van der Waals surface area (Å²) in [5.41, 5.74) is 3.63. The monoisotopic (exact) mass is 528 g/mol. The molecule has 0 bridgehead atoms. The molecule has 8 heteroatoms. The number of halogens is 1.